The molecule has 1 unspecified atom stereocenters. The van der Waals surface area contributed by atoms with E-state index in [0.29, 0.717) is 6.61 Å². The van der Waals surface area contributed by atoms with Crippen molar-refractivity contribution in [1.82, 2.24) is 4.90 Å². The van der Waals surface area contributed by atoms with E-state index in [1.54, 1.807) is 0 Å². The molecule has 2 aliphatic rings. The minimum absolute atomic E-state index is 0.0165. The SMILES string of the molecule is CCN1CCN(c2ccccc2NC(=O)C2CCCO2)CC1. The maximum absolute atomic E-state index is 12.3. The molecule has 120 valence electrons. The van der Waals surface area contributed by atoms with Crippen molar-refractivity contribution in [3.63, 3.8) is 0 Å². The summed E-state index contributed by atoms with van der Waals surface area (Å²) in [5, 5.41) is 3.06. The molecule has 0 saturated carbocycles. The Balaban J connectivity index is 1.68. The molecule has 1 N–H and O–H groups in total. The van der Waals surface area contributed by atoms with Gasteiger partial charge in [-0.1, -0.05) is 19.1 Å². The predicted octanol–water partition coefficient (Wildman–Crippen LogP) is 1.95. The quantitative estimate of drug-likeness (QED) is 0.923. The molecule has 0 aromatic heterocycles. The number of nitrogens with one attached hydrogen (secondary N) is 1. The normalized spacial score (nSPS) is 22.8. The third kappa shape index (κ3) is 3.42. The molecular formula is C17H25N3O2. The molecule has 5 nitrogen and oxygen atoms in total. The largest absolute Gasteiger partial charge is 0.368 e. The summed E-state index contributed by atoms with van der Waals surface area (Å²) in [6, 6.07) is 8.07. The fourth-order valence-corrected chi connectivity index (χ4v) is 3.16. The van der Waals surface area contributed by atoms with Crippen molar-refractivity contribution < 1.29 is 9.53 Å². The van der Waals surface area contributed by atoms with Crippen molar-refractivity contribution in [1.29, 1.82) is 0 Å². The Labute approximate surface area is 132 Å². The van der Waals surface area contributed by atoms with E-state index in [2.05, 4.69) is 28.1 Å². The van der Waals surface area contributed by atoms with Crippen LogP contribution in [0.2, 0.25) is 0 Å². The van der Waals surface area contributed by atoms with Gasteiger partial charge >= 0.3 is 0 Å². The molecule has 2 fully saturated rings. The number of benzene rings is 1. The van der Waals surface area contributed by atoms with E-state index in [9.17, 15) is 4.79 Å². The van der Waals surface area contributed by atoms with Crippen LogP contribution in [-0.2, 0) is 9.53 Å². The van der Waals surface area contributed by atoms with Gasteiger partial charge in [-0.3, -0.25) is 4.79 Å². The van der Waals surface area contributed by atoms with Crippen LogP contribution in [0.15, 0.2) is 24.3 Å². The van der Waals surface area contributed by atoms with E-state index in [-0.39, 0.29) is 12.0 Å². The van der Waals surface area contributed by atoms with E-state index in [0.717, 1.165) is 56.9 Å². The number of hydrogen-bond donors (Lipinski definition) is 1. The van der Waals surface area contributed by atoms with Crippen molar-refractivity contribution in [3.05, 3.63) is 24.3 Å². The third-order valence-electron chi connectivity index (χ3n) is 4.54. The zero-order valence-corrected chi connectivity index (χ0v) is 13.3. The molecule has 0 aliphatic carbocycles. The van der Waals surface area contributed by atoms with Gasteiger partial charge in [0, 0.05) is 32.8 Å². The molecule has 1 atom stereocenters. The number of carbonyl (C=O) groups excluding carboxylic acids is 1. The standard InChI is InChI=1S/C17H25N3O2/c1-2-19-9-11-20(12-10-19)15-7-4-3-6-14(15)18-17(21)16-8-5-13-22-16/h3-4,6-7,16H,2,5,8-13H2,1H3,(H,18,21). The van der Waals surface area contributed by atoms with Gasteiger partial charge in [-0.25, -0.2) is 0 Å². The van der Waals surface area contributed by atoms with Crippen LogP contribution in [0.25, 0.3) is 0 Å². The minimum Gasteiger partial charge on any atom is -0.368 e. The molecule has 22 heavy (non-hydrogen) atoms. The number of anilines is 2. The predicted molar refractivity (Wildman–Crippen MR) is 88.4 cm³/mol. The van der Waals surface area contributed by atoms with E-state index < -0.39 is 0 Å². The molecule has 1 aromatic carbocycles. The summed E-state index contributed by atoms with van der Waals surface area (Å²) >= 11 is 0. The zero-order chi connectivity index (χ0) is 15.4. The summed E-state index contributed by atoms with van der Waals surface area (Å²) in [7, 11) is 0. The van der Waals surface area contributed by atoms with Crippen LogP contribution in [-0.4, -0.2) is 56.2 Å². The second kappa shape index (κ2) is 7.11. The van der Waals surface area contributed by atoms with Crippen molar-refractivity contribution in [2.75, 3.05) is 49.5 Å². The Morgan fingerprint density at radius 2 is 2.05 bits per heavy atom. The van der Waals surface area contributed by atoms with Crippen LogP contribution in [0.1, 0.15) is 19.8 Å². The molecule has 0 radical (unpaired) electrons. The van der Waals surface area contributed by atoms with Gasteiger partial charge in [-0.2, -0.15) is 0 Å². The van der Waals surface area contributed by atoms with E-state index in [4.69, 9.17) is 4.74 Å². The number of likely N-dealkylation sites (N-methyl/N-ethyl adjacent to an activating group) is 1. The van der Waals surface area contributed by atoms with Gasteiger partial charge in [-0.15, -0.1) is 0 Å². The molecule has 2 saturated heterocycles. The fourth-order valence-electron chi connectivity index (χ4n) is 3.16. The summed E-state index contributed by atoms with van der Waals surface area (Å²) < 4.78 is 5.47. The lowest BCUT2D eigenvalue weighted by molar-refractivity contribution is -0.124. The lowest BCUT2D eigenvalue weighted by Gasteiger charge is -2.36. The zero-order valence-electron chi connectivity index (χ0n) is 13.3. The van der Waals surface area contributed by atoms with Gasteiger partial charge in [0.1, 0.15) is 6.10 Å². The Morgan fingerprint density at radius 3 is 2.73 bits per heavy atom. The lowest BCUT2D eigenvalue weighted by atomic mass is 10.2. The highest BCUT2D eigenvalue weighted by Crippen LogP contribution is 2.27. The van der Waals surface area contributed by atoms with E-state index >= 15 is 0 Å². The molecule has 2 heterocycles. The number of rotatable bonds is 4. The molecular weight excluding hydrogens is 278 g/mol. The van der Waals surface area contributed by atoms with Gasteiger partial charge in [-0.05, 0) is 31.5 Å². The van der Waals surface area contributed by atoms with Crippen LogP contribution < -0.4 is 10.2 Å². The summed E-state index contributed by atoms with van der Waals surface area (Å²) in [5.41, 5.74) is 2.01. The number of ether oxygens (including phenoxy) is 1. The fraction of sp³-hybridized carbons (Fsp3) is 0.588. The monoisotopic (exact) mass is 303 g/mol. The molecule has 0 bridgehead atoms. The number of piperazine rings is 1. The second-order valence-corrected chi connectivity index (χ2v) is 5.93. The molecule has 1 amide bonds. The summed E-state index contributed by atoms with van der Waals surface area (Å²) in [4.78, 5) is 17.1. The van der Waals surface area contributed by atoms with Crippen molar-refractivity contribution >= 4 is 17.3 Å². The Hall–Kier alpha value is -1.59. The first-order valence-corrected chi connectivity index (χ1v) is 8.26. The number of nitrogens with zero attached hydrogens (tertiary/aromatic N) is 2. The number of hydrogen-bond acceptors (Lipinski definition) is 4. The van der Waals surface area contributed by atoms with Crippen LogP contribution in [0.3, 0.4) is 0 Å². The number of para-hydroxylation sites is 2. The molecule has 2 aliphatic heterocycles. The summed E-state index contributed by atoms with van der Waals surface area (Å²) in [6.07, 6.45) is 1.51. The molecule has 3 rings (SSSR count). The highest BCUT2D eigenvalue weighted by molar-refractivity contribution is 5.97. The molecule has 5 heteroatoms. The van der Waals surface area contributed by atoms with Gasteiger partial charge in [0.25, 0.3) is 5.91 Å². The van der Waals surface area contributed by atoms with Crippen molar-refractivity contribution in [2.45, 2.75) is 25.9 Å². The molecule has 1 aromatic rings. The van der Waals surface area contributed by atoms with Crippen molar-refractivity contribution in [2.24, 2.45) is 0 Å². The number of carbonyl (C=O) groups is 1. The van der Waals surface area contributed by atoms with Crippen LogP contribution in [0, 0.1) is 0 Å². The van der Waals surface area contributed by atoms with Crippen LogP contribution in [0.5, 0.6) is 0 Å². The highest BCUT2D eigenvalue weighted by atomic mass is 16.5. The first kappa shape index (κ1) is 15.3. The Bertz CT molecular complexity index is 506. The topological polar surface area (TPSA) is 44.8 Å². The maximum Gasteiger partial charge on any atom is 0.253 e. The van der Waals surface area contributed by atoms with Crippen LogP contribution >= 0.6 is 0 Å². The molecule has 0 spiro atoms. The Kier molecular flexibility index (Phi) is 4.95. The minimum atomic E-state index is -0.287. The summed E-state index contributed by atoms with van der Waals surface area (Å²) in [6.45, 7) is 8.14. The van der Waals surface area contributed by atoms with Gasteiger partial charge < -0.3 is 19.9 Å². The van der Waals surface area contributed by atoms with Crippen LogP contribution in [0.4, 0.5) is 11.4 Å². The van der Waals surface area contributed by atoms with Gasteiger partial charge in [0.05, 0.1) is 11.4 Å². The van der Waals surface area contributed by atoms with E-state index in [1.807, 2.05) is 18.2 Å². The lowest BCUT2D eigenvalue weighted by Crippen LogP contribution is -2.46. The average Bonchev–Trinajstić information content (AvgIpc) is 3.10. The van der Waals surface area contributed by atoms with Gasteiger partial charge in [0.15, 0.2) is 0 Å². The first-order valence-electron chi connectivity index (χ1n) is 8.26. The second-order valence-electron chi connectivity index (χ2n) is 5.93. The van der Waals surface area contributed by atoms with Gasteiger partial charge in [0.2, 0.25) is 0 Å². The maximum atomic E-state index is 12.3. The highest BCUT2D eigenvalue weighted by Gasteiger charge is 2.25. The Morgan fingerprint density at radius 1 is 1.27 bits per heavy atom. The first-order chi connectivity index (χ1) is 10.8. The third-order valence-corrected chi connectivity index (χ3v) is 4.54. The smallest absolute Gasteiger partial charge is 0.253 e. The van der Waals surface area contributed by atoms with Crippen molar-refractivity contribution in [3.8, 4) is 0 Å². The average molecular weight is 303 g/mol. The van der Waals surface area contributed by atoms with E-state index in [1.165, 1.54) is 0 Å². The summed E-state index contributed by atoms with van der Waals surface area (Å²) in [5.74, 6) is -0.0165. The number of amides is 1.